The molecular weight excluding hydrogens is 364 g/mol. The largest absolute Gasteiger partial charge is 0.459 e. The number of benzene rings is 2. The summed E-state index contributed by atoms with van der Waals surface area (Å²) in [5.41, 5.74) is 2.85. The van der Waals surface area contributed by atoms with Gasteiger partial charge in [0.25, 0.3) is 5.91 Å². The van der Waals surface area contributed by atoms with Gasteiger partial charge in [0.15, 0.2) is 0 Å². The Morgan fingerprint density at radius 2 is 1.93 bits per heavy atom. The molecule has 0 spiro atoms. The number of nitrogens with zero attached hydrogens (tertiary/aromatic N) is 1. The zero-order valence-electron chi connectivity index (χ0n) is 15.0. The summed E-state index contributed by atoms with van der Waals surface area (Å²) >= 11 is 6.17. The van der Waals surface area contributed by atoms with Gasteiger partial charge in [0.2, 0.25) is 0 Å². The molecule has 1 amide bonds. The van der Waals surface area contributed by atoms with Gasteiger partial charge in [-0.3, -0.25) is 4.79 Å². The minimum Gasteiger partial charge on any atom is -0.459 e. The van der Waals surface area contributed by atoms with Crippen LogP contribution in [0.25, 0.3) is 10.9 Å². The average Bonchev–Trinajstić information content (AvgIpc) is 2.66. The summed E-state index contributed by atoms with van der Waals surface area (Å²) in [5, 5.41) is 3.84. The van der Waals surface area contributed by atoms with Crippen molar-refractivity contribution < 1.29 is 14.3 Å². The average molecular weight is 383 g/mol. The van der Waals surface area contributed by atoms with Crippen molar-refractivity contribution in [3.05, 3.63) is 76.4 Å². The second-order valence-corrected chi connectivity index (χ2v) is 6.66. The van der Waals surface area contributed by atoms with Gasteiger partial charge in [-0.15, -0.1) is 0 Å². The quantitative estimate of drug-likeness (QED) is 0.533. The Kier molecular flexibility index (Phi) is 5.72. The van der Waals surface area contributed by atoms with Crippen molar-refractivity contribution in [3.63, 3.8) is 0 Å². The minimum atomic E-state index is -0.787. The highest BCUT2D eigenvalue weighted by Crippen LogP contribution is 2.21. The fourth-order valence-corrected chi connectivity index (χ4v) is 2.84. The van der Waals surface area contributed by atoms with Crippen LogP contribution in [0.2, 0.25) is 5.15 Å². The highest BCUT2D eigenvalue weighted by atomic mass is 35.5. The molecule has 0 saturated carbocycles. The monoisotopic (exact) mass is 382 g/mol. The minimum absolute atomic E-state index is 0.0137. The van der Waals surface area contributed by atoms with E-state index in [1.54, 1.807) is 25.1 Å². The van der Waals surface area contributed by atoms with Gasteiger partial charge in [0.1, 0.15) is 17.8 Å². The van der Waals surface area contributed by atoms with E-state index < -0.39 is 12.0 Å². The van der Waals surface area contributed by atoms with Crippen LogP contribution in [0.1, 0.15) is 28.4 Å². The summed E-state index contributed by atoms with van der Waals surface area (Å²) in [5.74, 6) is -0.867. The number of esters is 1. The standard InChI is InChI=1S/C21H19ClN2O3/c1-13-6-5-8-16(10-13)20(25)23-14(2)21(26)27-12-17-11-15-7-3-4-9-18(15)24-19(17)22/h3-11,14H,12H2,1-2H3,(H,23,25)/t14-/m0/s1. The van der Waals surface area contributed by atoms with Crippen LogP contribution in [0.4, 0.5) is 0 Å². The highest BCUT2D eigenvalue weighted by molar-refractivity contribution is 6.30. The molecule has 0 aliphatic carbocycles. The third-order valence-electron chi connectivity index (χ3n) is 4.10. The lowest BCUT2D eigenvalue weighted by Gasteiger charge is -2.14. The van der Waals surface area contributed by atoms with E-state index in [0.717, 1.165) is 16.5 Å². The van der Waals surface area contributed by atoms with Crippen LogP contribution >= 0.6 is 11.6 Å². The van der Waals surface area contributed by atoms with Crippen LogP contribution in [0.3, 0.4) is 0 Å². The lowest BCUT2D eigenvalue weighted by atomic mass is 10.1. The molecule has 6 heteroatoms. The fourth-order valence-electron chi connectivity index (χ4n) is 2.64. The number of carbonyl (C=O) groups excluding carboxylic acids is 2. The molecule has 1 atom stereocenters. The van der Waals surface area contributed by atoms with E-state index in [2.05, 4.69) is 10.3 Å². The first kappa shape index (κ1) is 18.9. The van der Waals surface area contributed by atoms with Crippen LogP contribution in [-0.4, -0.2) is 22.9 Å². The second-order valence-electron chi connectivity index (χ2n) is 6.30. The molecule has 138 valence electrons. The van der Waals surface area contributed by atoms with Crippen LogP contribution in [0.5, 0.6) is 0 Å². The van der Waals surface area contributed by atoms with Gasteiger partial charge in [-0.05, 0) is 38.1 Å². The molecule has 0 aliphatic rings. The number of hydrogen-bond acceptors (Lipinski definition) is 4. The summed E-state index contributed by atoms with van der Waals surface area (Å²) in [4.78, 5) is 28.8. The van der Waals surface area contributed by atoms with Crippen LogP contribution in [0.15, 0.2) is 54.6 Å². The second kappa shape index (κ2) is 8.18. The topological polar surface area (TPSA) is 68.3 Å². The summed E-state index contributed by atoms with van der Waals surface area (Å²) in [6, 6.07) is 15.8. The number of pyridine rings is 1. The number of amides is 1. The molecule has 2 aromatic carbocycles. The zero-order valence-corrected chi connectivity index (χ0v) is 15.8. The van der Waals surface area contributed by atoms with E-state index in [4.69, 9.17) is 16.3 Å². The summed E-state index contributed by atoms with van der Waals surface area (Å²) in [6.45, 7) is 3.46. The van der Waals surface area contributed by atoms with Gasteiger partial charge in [-0.1, -0.05) is 47.5 Å². The Morgan fingerprint density at radius 1 is 1.15 bits per heavy atom. The van der Waals surface area contributed by atoms with Gasteiger partial charge in [-0.25, -0.2) is 9.78 Å². The molecular formula is C21H19ClN2O3. The van der Waals surface area contributed by atoms with Crippen LogP contribution in [-0.2, 0) is 16.1 Å². The molecule has 0 aliphatic heterocycles. The summed E-state index contributed by atoms with van der Waals surface area (Å²) < 4.78 is 5.30. The molecule has 0 radical (unpaired) electrons. The van der Waals surface area contributed by atoms with Crippen LogP contribution < -0.4 is 5.32 Å². The van der Waals surface area contributed by atoms with Crippen molar-refractivity contribution in [1.29, 1.82) is 0 Å². The van der Waals surface area contributed by atoms with Crippen molar-refractivity contribution in [3.8, 4) is 0 Å². The molecule has 1 N–H and O–H groups in total. The predicted molar refractivity (Wildman–Crippen MR) is 105 cm³/mol. The first-order valence-electron chi connectivity index (χ1n) is 8.52. The number of para-hydroxylation sites is 1. The number of aromatic nitrogens is 1. The molecule has 3 rings (SSSR count). The molecule has 0 unspecified atom stereocenters. The molecule has 0 saturated heterocycles. The van der Waals surface area contributed by atoms with Crippen molar-refractivity contribution in [2.24, 2.45) is 0 Å². The lowest BCUT2D eigenvalue weighted by Crippen LogP contribution is -2.39. The normalized spacial score (nSPS) is 11.8. The van der Waals surface area contributed by atoms with Gasteiger partial charge < -0.3 is 10.1 Å². The molecule has 0 fully saturated rings. The lowest BCUT2D eigenvalue weighted by molar-refractivity contribution is -0.146. The Balaban J connectivity index is 1.62. The predicted octanol–water partition coefficient (Wildman–Crippen LogP) is 4.06. The number of nitrogens with one attached hydrogen (secondary N) is 1. The number of fused-ring (bicyclic) bond motifs is 1. The zero-order chi connectivity index (χ0) is 19.4. The van der Waals surface area contributed by atoms with Crippen molar-refractivity contribution >= 4 is 34.4 Å². The Hall–Kier alpha value is -2.92. The van der Waals surface area contributed by atoms with Crippen LogP contribution in [0, 0.1) is 6.92 Å². The molecule has 1 heterocycles. The number of rotatable bonds is 5. The van der Waals surface area contributed by atoms with E-state index in [9.17, 15) is 9.59 Å². The SMILES string of the molecule is Cc1cccc(C(=O)N[C@@H](C)C(=O)OCc2cc3ccccc3nc2Cl)c1. The van der Waals surface area contributed by atoms with Gasteiger partial charge in [0.05, 0.1) is 5.52 Å². The van der Waals surface area contributed by atoms with Crippen molar-refractivity contribution in [2.75, 3.05) is 0 Å². The number of hydrogen-bond donors (Lipinski definition) is 1. The highest BCUT2D eigenvalue weighted by Gasteiger charge is 2.19. The Bertz CT molecular complexity index is 1000. The summed E-state index contributed by atoms with van der Waals surface area (Å²) in [6.07, 6.45) is 0. The maximum absolute atomic E-state index is 12.2. The molecule has 1 aromatic heterocycles. The van der Waals surface area contributed by atoms with E-state index in [1.165, 1.54) is 0 Å². The van der Waals surface area contributed by atoms with Gasteiger partial charge >= 0.3 is 5.97 Å². The first-order valence-corrected chi connectivity index (χ1v) is 8.90. The fraction of sp³-hybridized carbons (Fsp3) is 0.190. The van der Waals surface area contributed by atoms with E-state index >= 15 is 0 Å². The first-order chi connectivity index (χ1) is 12.9. The third kappa shape index (κ3) is 4.63. The third-order valence-corrected chi connectivity index (χ3v) is 4.43. The van der Waals surface area contributed by atoms with E-state index in [1.807, 2.05) is 43.3 Å². The molecule has 0 bridgehead atoms. The van der Waals surface area contributed by atoms with E-state index in [0.29, 0.717) is 11.1 Å². The van der Waals surface area contributed by atoms with Gasteiger partial charge in [-0.2, -0.15) is 0 Å². The number of aryl methyl sites for hydroxylation is 1. The maximum Gasteiger partial charge on any atom is 0.328 e. The maximum atomic E-state index is 12.2. The number of ether oxygens (including phenoxy) is 1. The Labute approximate surface area is 162 Å². The van der Waals surface area contributed by atoms with E-state index in [-0.39, 0.29) is 17.7 Å². The molecule has 3 aromatic rings. The number of carbonyl (C=O) groups is 2. The summed E-state index contributed by atoms with van der Waals surface area (Å²) in [7, 11) is 0. The smallest absolute Gasteiger partial charge is 0.328 e. The molecule has 27 heavy (non-hydrogen) atoms. The van der Waals surface area contributed by atoms with Gasteiger partial charge in [0, 0.05) is 16.5 Å². The molecule has 5 nitrogen and oxygen atoms in total. The van der Waals surface area contributed by atoms with Crippen molar-refractivity contribution in [2.45, 2.75) is 26.5 Å². The number of halogens is 1. The Morgan fingerprint density at radius 3 is 2.70 bits per heavy atom. The van der Waals surface area contributed by atoms with Crippen molar-refractivity contribution in [1.82, 2.24) is 10.3 Å².